The molecule has 6 nitrogen and oxygen atoms in total. The highest BCUT2D eigenvalue weighted by atomic mass is 16.5. The van der Waals surface area contributed by atoms with E-state index in [2.05, 4.69) is 4.98 Å². The Kier molecular flexibility index (Phi) is 5.60. The van der Waals surface area contributed by atoms with Crippen molar-refractivity contribution in [3.8, 4) is 17.9 Å². The average molecular weight is 310 g/mol. The number of carbonyl (C=O) groups excluding carboxylic acids is 1. The van der Waals surface area contributed by atoms with Crippen LogP contribution in [0.3, 0.4) is 0 Å². The Balaban J connectivity index is 2.24. The van der Waals surface area contributed by atoms with Crippen molar-refractivity contribution in [3.05, 3.63) is 30.0 Å². The lowest BCUT2D eigenvalue weighted by molar-refractivity contribution is 0.0757. The lowest BCUT2D eigenvalue weighted by Crippen LogP contribution is -2.33. The van der Waals surface area contributed by atoms with E-state index in [9.17, 15) is 4.79 Å². The minimum atomic E-state index is -0.204. The molecule has 23 heavy (non-hydrogen) atoms. The fraction of sp³-hybridized carbons (Fsp3) is 0.353. The van der Waals surface area contributed by atoms with Crippen LogP contribution in [0, 0.1) is 22.7 Å². The Labute approximate surface area is 134 Å². The van der Waals surface area contributed by atoms with Gasteiger partial charge >= 0.3 is 0 Å². The van der Waals surface area contributed by atoms with Crippen molar-refractivity contribution in [2.45, 2.75) is 19.8 Å². The molecule has 1 aromatic heterocycles. The van der Waals surface area contributed by atoms with E-state index in [1.54, 1.807) is 6.07 Å². The van der Waals surface area contributed by atoms with Crippen LogP contribution in [0.4, 0.5) is 0 Å². The first-order valence-corrected chi connectivity index (χ1v) is 7.48. The number of aromatic amines is 1. The van der Waals surface area contributed by atoms with Crippen LogP contribution in [0.1, 0.15) is 30.3 Å². The molecule has 1 amide bonds. The molecular formula is C17H18N4O2. The van der Waals surface area contributed by atoms with Gasteiger partial charge in [-0.25, -0.2) is 0 Å². The second-order valence-electron chi connectivity index (χ2n) is 4.97. The summed E-state index contributed by atoms with van der Waals surface area (Å²) in [4.78, 5) is 17.2. The van der Waals surface area contributed by atoms with E-state index in [4.69, 9.17) is 15.3 Å². The SMILES string of the molecule is CCOc1ccc2cc(C(=O)N(CCC#N)CCC#N)[nH]c2c1. The first kappa shape index (κ1) is 16.4. The molecule has 1 N–H and O–H groups in total. The fourth-order valence-corrected chi connectivity index (χ4v) is 2.33. The summed E-state index contributed by atoms with van der Waals surface area (Å²) in [5.41, 5.74) is 1.27. The van der Waals surface area contributed by atoms with Gasteiger partial charge in [-0.05, 0) is 25.1 Å². The molecule has 0 spiro atoms. The van der Waals surface area contributed by atoms with Gasteiger partial charge in [0.1, 0.15) is 11.4 Å². The van der Waals surface area contributed by atoms with Crippen LogP contribution in [-0.2, 0) is 0 Å². The molecule has 0 atom stereocenters. The van der Waals surface area contributed by atoms with Crippen LogP contribution in [0.15, 0.2) is 24.3 Å². The number of aromatic nitrogens is 1. The van der Waals surface area contributed by atoms with Crippen molar-refractivity contribution in [2.75, 3.05) is 19.7 Å². The van der Waals surface area contributed by atoms with E-state index in [0.29, 0.717) is 25.4 Å². The molecule has 0 aliphatic heterocycles. The molecule has 1 aromatic carbocycles. The van der Waals surface area contributed by atoms with E-state index in [1.165, 1.54) is 4.90 Å². The molecule has 2 rings (SSSR count). The highest BCUT2D eigenvalue weighted by molar-refractivity contribution is 5.98. The van der Waals surface area contributed by atoms with Crippen LogP contribution < -0.4 is 4.74 Å². The maximum absolute atomic E-state index is 12.6. The molecule has 0 aliphatic carbocycles. The van der Waals surface area contributed by atoms with E-state index in [-0.39, 0.29) is 18.7 Å². The Bertz CT molecular complexity index is 749. The second-order valence-corrected chi connectivity index (χ2v) is 4.97. The first-order valence-electron chi connectivity index (χ1n) is 7.48. The zero-order valence-electron chi connectivity index (χ0n) is 13.0. The van der Waals surface area contributed by atoms with Crippen molar-refractivity contribution in [3.63, 3.8) is 0 Å². The summed E-state index contributed by atoms with van der Waals surface area (Å²) >= 11 is 0. The number of fused-ring (bicyclic) bond motifs is 1. The number of H-pyrrole nitrogens is 1. The minimum Gasteiger partial charge on any atom is -0.494 e. The molecule has 118 valence electrons. The standard InChI is InChI=1S/C17H18N4O2/c1-2-23-14-6-5-13-11-16(20-15(13)12-14)17(22)21(9-3-7-18)10-4-8-19/h5-6,11-12,20H,2-4,9-10H2,1H3. The van der Waals surface area contributed by atoms with E-state index < -0.39 is 0 Å². The van der Waals surface area contributed by atoms with E-state index >= 15 is 0 Å². The third-order valence-corrected chi connectivity index (χ3v) is 3.41. The van der Waals surface area contributed by atoms with Gasteiger partial charge in [0, 0.05) is 30.1 Å². The Morgan fingerprint density at radius 3 is 2.52 bits per heavy atom. The smallest absolute Gasteiger partial charge is 0.270 e. The summed E-state index contributed by atoms with van der Waals surface area (Å²) in [6, 6.07) is 11.4. The molecular weight excluding hydrogens is 292 g/mol. The monoisotopic (exact) mass is 310 g/mol. The lowest BCUT2D eigenvalue weighted by Gasteiger charge is -2.19. The van der Waals surface area contributed by atoms with Gasteiger partial charge in [-0.1, -0.05) is 0 Å². The zero-order chi connectivity index (χ0) is 16.7. The predicted molar refractivity (Wildman–Crippen MR) is 85.8 cm³/mol. The van der Waals surface area contributed by atoms with Crippen LogP contribution in [0.25, 0.3) is 10.9 Å². The minimum absolute atomic E-state index is 0.204. The molecule has 0 radical (unpaired) electrons. The normalized spacial score (nSPS) is 10.0. The van der Waals surface area contributed by atoms with Crippen molar-refractivity contribution < 1.29 is 9.53 Å². The summed E-state index contributed by atoms with van der Waals surface area (Å²) in [6.07, 6.45) is 0.484. The maximum Gasteiger partial charge on any atom is 0.270 e. The lowest BCUT2D eigenvalue weighted by atomic mass is 10.2. The summed E-state index contributed by atoms with van der Waals surface area (Å²) in [7, 11) is 0. The highest BCUT2D eigenvalue weighted by Gasteiger charge is 2.17. The van der Waals surface area contributed by atoms with Gasteiger partial charge in [0.05, 0.1) is 31.6 Å². The predicted octanol–water partition coefficient (Wildman–Crippen LogP) is 2.84. The van der Waals surface area contributed by atoms with E-state index in [1.807, 2.05) is 37.3 Å². The summed E-state index contributed by atoms with van der Waals surface area (Å²) < 4.78 is 5.45. The van der Waals surface area contributed by atoms with Crippen molar-refractivity contribution in [1.29, 1.82) is 10.5 Å². The summed E-state index contributed by atoms with van der Waals surface area (Å²) in [5.74, 6) is 0.538. The fourth-order valence-electron chi connectivity index (χ4n) is 2.33. The number of nitriles is 2. The Morgan fingerprint density at radius 1 is 1.22 bits per heavy atom. The molecule has 0 unspecified atom stereocenters. The van der Waals surface area contributed by atoms with E-state index in [0.717, 1.165) is 16.7 Å². The number of nitrogens with zero attached hydrogens (tertiary/aromatic N) is 3. The van der Waals surface area contributed by atoms with Gasteiger partial charge in [-0.15, -0.1) is 0 Å². The Hall–Kier alpha value is -2.99. The van der Waals surface area contributed by atoms with Crippen molar-refractivity contribution >= 4 is 16.8 Å². The largest absolute Gasteiger partial charge is 0.494 e. The average Bonchev–Trinajstić information content (AvgIpc) is 2.98. The van der Waals surface area contributed by atoms with Gasteiger partial charge in [-0.3, -0.25) is 4.79 Å². The number of nitrogens with one attached hydrogen (secondary N) is 1. The molecule has 0 aliphatic rings. The molecule has 2 aromatic rings. The number of ether oxygens (including phenoxy) is 1. The van der Waals surface area contributed by atoms with Crippen LogP contribution in [-0.4, -0.2) is 35.5 Å². The molecule has 6 heteroatoms. The number of amides is 1. The number of rotatable bonds is 7. The zero-order valence-corrected chi connectivity index (χ0v) is 13.0. The quantitative estimate of drug-likeness (QED) is 0.851. The topological polar surface area (TPSA) is 92.9 Å². The van der Waals surface area contributed by atoms with Gasteiger partial charge in [0.15, 0.2) is 0 Å². The maximum atomic E-state index is 12.6. The van der Waals surface area contributed by atoms with Crippen molar-refractivity contribution in [1.82, 2.24) is 9.88 Å². The summed E-state index contributed by atoms with van der Waals surface area (Å²) in [5, 5.41) is 18.3. The molecule has 0 fully saturated rings. The summed E-state index contributed by atoms with van der Waals surface area (Å²) in [6.45, 7) is 3.12. The van der Waals surface area contributed by atoms with Crippen LogP contribution >= 0.6 is 0 Å². The molecule has 0 saturated heterocycles. The van der Waals surface area contributed by atoms with Crippen LogP contribution in [0.5, 0.6) is 5.75 Å². The highest BCUT2D eigenvalue weighted by Crippen LogP contribution is 2.22. The Morgan fingerprint density at radius 2 is 1.91 bits per heavy atom. The first-order chi connectivity index (χ1) is 11.2. The second kappa shape index (κ2) is 7.86. The number of hydrogen-bond donors (Lipinski definition) is 1. The number of carbonyl (C=O) groups is 1. The molecule has 0 bridgehead atoms. The van der Waals surface area contributed by atoms with Gasteiger partial charge < -0.3 is 14.6 Å². The van der Waals surface area contributed by atoms with Crippen molar-refractivity contribution in [2.24, 2.45) is 0 Å². The van der Waals surface area contributed by atoms with Gasteiger partial charge in [0.25, 0.3) is 5.91 Å². The third kappa shape index (κ3) is 4.02. The number of benzene rings is 1. The van der Waals surface area contributed by atoms with Gasteiger partial charge in [0.2, 0.25) is 0 Å². The number of hydrogen-bond acceptors (Lipinski definition) is 4. The third-order valence-electron chi connectivity index (χ3n) is 3.41. The molecule has 0 saturated carbocycles. The molecule has 1 heterocycles. The van der Waals surface area contributed by atoms with Crippen LogP contribution in [0.2, 0.25) is 0 Å². The van der Waals surface area contributed by atoms with Gasteiger partial charge in [-0.2, -0.15) is 10.5 Å².